The summed E-state index contributed by atoms with van der Waals surface area (Å²) in [4.78, 5) is 26.6. The molecule has 1 aromatic carbocycles. The largest absolute Gasteiger partial charge is 0.353 e. The Morgan fingerprint density at radius 1 is 1.32 bits per heavy atom. The number of urea groups is 1. The molecule has 1 aliphatic rings. The molecule has 7 nitrogen and oxygen atoms in total. The van der Waals surface area contributed by atoms with Gasteiger partial charge in [-0.15, -0.1) is 10.2 Å². The van der Waals surface area contributed by atoms with Crippen molar-refractivity contribution in [2.75, 3.05) is 18.4 Å². The Balaban J connectivity index is 1.74. The summed E-state index contributed by atoms with van der Waals surface area (Å²) in [5, 5.41) is 15.4. The van der Waals surface area contributed by atoms with E-state index >= 15 is 0 Å². The lowest BCUT2D eigenvalue weighted by Crippen LogP contribution is -2.58. The molecule has 3 rings (SSSR count). The molecule has 2 heterocycles. The highest BCUT2D eigenvalue weighted by molar-refractivity contribution is 7.15. The van der Waals surface area contributed by atoms with E-state index < -0.39 is 6.04 Å². The third-order valence-electron chi connectivity index (χ3n) is 4.96. The highest BCUT2D eigenvalue weighted by atomic mass is 32.1. The van der Waals surface area contributed by atoms with Gasteiger partial charge in [0.05, 0.1) is 0 Å². The van der Waals surface area contributed by atoms with E-state index in [0.29, 0.717) is 30.6 Å². The number of nitrogens with one attached hydrogen (secondary N) is 2. The lowest BCUT2D eigenvalue weighted by molar-refractivity contribution is -0.128. The number of aromatic nitrogens is 2. The molecular weight excluding hydrogens is 374 g/mol. The molecule has 8 heteroatoms. The van der Waals surface area contributed by atoms with Crippen molar-refractivity contribution in [2.45, 2.75) is 45.6 Å². The van der Waals surface area contributed by atoms with E-state index in [0.717, 1.165) is 10.6 Å². The zero-order valence-electron chi connectivity index (χ0n) is 16.7. The topological polar surface area (TPSA) is 87.2 Å². The monoisotopic (exact) mass is 401 g/mol. The molecule has 150 valence electrons. The fourth-order valence-corrected chi connectivity index (χ4v) is 4.16. The van der Waals surface area contributed by atoms with E-state index in [1.54, 1.807) is 4.90 Å². The van der Waals surface area contributed by atoms with Crippen LogP contribution >= 0.6 is 11.3 Å². The van der Waals surface area contributed by atoms with E-state index in [1.165, 1.54) is 11.3 Å². The first kappa shape index (κ1) is 20.3. The molecule has 2 N–H and O–H groups in total. The molecule has 1 aromatic heterocycles. The number of carbonyl (C=O) groups is 2. The lowest BCUT2D eigenvalue weighted by atomic mass is 9.85. The summed E-state index contributed by atoms with van der Waals surface area (Å²) in [6.07, 6.45) is 0.627. The molecule has 1 aliphatic heterocycles. The lowest BCUT2D eigenvalue weighted by Gasteiger charge is -2.35. The maximum Gasteiger partial charge on any atom is 0.324 e. The quantitative estimate of drug-likeness (QED) is 0.805. The van der Waals surface area contributed by atoms with Crippen molar-refractivity contribution in [3.8, 4) is 0 Å². The number of piperazine rings is 1. The first-order valence-corrected chi connectivity index (χ1v) is 10.4. The van der Waals surface area contributed by atoms with Crippen molar-refractivity contribution in [2.24, 2.45) is 5.92 Å². The summed E-state index contributed by atoms with van der Waals surface area (Å²) in [6.45, 7) is 9.20. The zero-order valence-corrected chi connectivity index (χ0v) is 17.5. The highest BCUT2D eigenvalue weighted by Gasteiger charge is 2.34. The summed E-state index contributed by atoms with van der Waals surface area (Å²) in [7, 11) is 0. The molecule has 0 radical (unpaired) electrons. The van der Waals surface area contributed by atoms with Crippen LogP contribution in [-0.2, 0) is 10.2 Å². The molecule has 28 heavy (non-hydrogen) atoms. The van der Waals surface area contributed by atoms with Gasteiger partial charge in [-0.1, -0.05) is 55.5 Å². The number of nitrogens with zero attached hydrogens (tertiary/aromatic N) is 3. The molecule has 0 aliphatic carbocycles. The number of carbonyl (C=O) groups excluding carboxylic acids is 2. The minimum Gasteiger partial charge on any atom is -0.353 e. The number of rotatable bonds is 5. The van der Waals surface area contributed by atoms with Crippen molar-refractivity contribution in [1.82, 2.24) is 20.4 Å². The average molecular weight is 402 g/mol. The summed E-state index contributed by atoms with van der Waals surface area (Å²) in [5.41, 5.74) is 0.821. The van der Waals surface area contributed by atoms with E-state index in [1.807, 2.05) is 32.0 Å². The van der Waals surface area contributed by atoms with Gasteiger partial charge in [-0.2, -0.15) is 0 Å². The molecule has 1 fully saturated rings. The zero-order chi connectivity index (χ0) is 20.3. The van der Waals surface area contributed by atoms with Crippen LogP contribution in [0.3, 0.4) is 0 Å². The molecule has 0 saturated carbocycles. The van der Waals surface area contributed by atoms with Gasteiger partial charge in [0.1, 0.15) is 11.0 Å². The van der Waals surface area contributed by atoms with E-state index in [-0.39, 0.29) is 17.4 Å². The number of hydrogen-bond donors (Lipinski definition) is 2. The molecule has 0 bridgehead atoms. The van der Waals surface area contributed by atoms with E-state index in [4.69, 9.17) is 0 Å². The molecule has 1 atom stereocenters. The molecule has 1 saturated heterocycles. The fourth-order valence-electron chi connectivity index (χ4n) is 3.31. The van der Waals surface area contributed by atoms with Gasteiger partial charge in [0.2, 0.25) is 11.0 Å². The van der Waals surface area contributed by atoms with Crippen LogP contribution in [0.25, 0.3) is 0 Å². The first-order valence-electron chi connectivity index (χ1n) is 9.54. The van der Waals surface area contributed by atoms with Gasteiger partial charge in [-0.25, -0.2) is 4.79 Å². The van der Waals surface area contributed by atoms with Gasteiger partial charge in [0.15, 0.2) is 0 Å². The summed E-state index contributed by atoms with van der Waals surface area (Å²) < 4.78 is 0. The van der Waals surface area contributed by atoms with Crippen LogP contribution in [0.4, 0.5) is 9.93 Å². The van der Waals surface area contributed by atoms with Gasteiger partial charge in [0.25, 0.3) is 0 Å². The van der Waals surface area contributed by atoms with Gasteiger partial charge in [0, 0.05) is 18.5 Å². The Morgan fingerprint density at radius 3 is 2.71 bits per heavy atom. The third kappa shape index (κ3) is 4.32. The van der Waals surface area contributed by atoms with Crippen LogP contribution in [-0.4, -0.2) is 46.2 Å². The van der Waals surface area contributed by atoms with Crippen LogP contribution in [0.2, 0.25) is 0 Å². The SMILES string of the molecule is CC(C)CC1C(=O)NCCN1C(=O)Nc1nnc(C(C)(C)c2ccccc2)s1. The van der Waals surface area contributed by atoms with Gasteiger partial charge in [-0.05, 0) is 31.7 Å². The molecule has 1 unspecified atom stereocenters. The molecule has 2 aromatic rings. The predicted molar refractivity (Wildman–Crippen MR) is 110 cm³/mol. The predicted octanol–water partition coefficient (Wildman–Crippen LogP) is 3.24. The Hall–Kier alpha value is -2.48. The number of hydrogen-bond acceptors (Lipinski definition) is 5. The summed E-state index contributed by atoms with van der Waals surface area (Å²) in [5.74, 6) is 0.210. The maximum atomic E-state index is 12.8. The van der Waals surface area contributed by atoms with Gasteiger partial charge >= 0.3 is 6.03 Å². The van der Waals surface area contributed by atoms with Gasteiger partial charge in [-0.3, -0.25) is 10.1 Å². The van der Waals surface area contributed by atoms with E-state index in [9.17, 15) is 9.59 Å². The number of amides is 3. The number of anilines is 1. The fraction of sp³-hybridized carbons (Fsp3) is 0.500. The van der Waals surface area contributed by atoms with Crippen LogP contribution in [0, 0.1) is 5.92 Å². The second-order valence-electron chi connectivity index (χ2n) is 7.96. The van der Waals surface area contributed by atoms with Gasteiger partial charge < -0.3 is 10.2 Å². The number of benzene rings is 1. The Kier molecular flexibility index (Phi) is 5.98. The van der Waals surface area contributed by atoms with Crippen LogP contribution < -0.4 is 10.6 Å². The smallest absolute Gasteiger partial charge is 0.324 e. The minimum atomic E-state index is -0.457. The van der Waals surface area contributed by atoms with Crippen molar-refractivity contribution in [1.29, 1.82) is 0 Å². The van der Waals surface area contributed by atoms with Crippen molar-refractivity contribution in [3.05, 3.63) is 40.9 Å². The third-order valence-corrected chi connectivity index (χ3v) is 6.12. The second kappa shape index (κ2) is 8.26. The van der Waals surface area contributed by atoms with Crippen LogP contribution in [0.15, 0.2) is 30.3 Å². The maximum absolute atomic E-state index is 12.8. The van der Waals surface area contributed by atoms with Crippen molar-refractivity contribution in [3.63, 3.8) is 0 Å². The summed E-state index contributed by atoms with van der Waals surface area (Å²) >= 11 is 1.36. The average Bonchev–Trinajstić information content (AvgIpc) is 3.13. The Morgan fingerprint density at radius 2 is 2.04 bits per heavy atom. The van der Waals surface area contributed by atoms with Crippen LogP contribution in [0.1, 0.15) is 44.7 Å². The Bertz CT molecular complexity index is 834. The highest BCUT2D eigenvalue weighted by Crippen LogP contribution is 2.34. The van der Waals surface area contributed by atoms with E-state index in [2.05, 4.69) is 46.8 Å². The van der Waals surface area contributed by atoms with Crippen LogP contribution in [0.5, 0.6) is 0 Å². The minimum absolute atomic E-state index is 0.0988. The molecular formula is C20H27N5O2S. The normalized spacial score (nSPS) is 17.5. The standard InChI is InChI=1S/C20H27N5O2S/c1-13(2)12-15-16(26)21-10-11-25(15)19(27)22-18-24-23-17(28-18)20(3,4)14-8-6-5-7-9-14/h5-9,13,15H,10-12H2,1-4H3,(H,21,26)(H,22,24,27). The van der Waals surface area contributed by atoms with Crippen molar-refractivity contribution < 1.29 is 9.59 Å². The molecule has 3 amide bonds. The Labute approximate surface area is 169 Å². The second-order valence-corrected chi connectivity index (χ2v) is 8.94. The summed E-state index contributed by atoms with van der Waals surface area (Å²) in [6, 6.07) is 9.33. The van der Waals surface area contributed by atoms with Crippen molar-refractivity contribution >= 4 is 28.4 Å². The first-order chi connectivity index (χ1) is 13.3. The molecule has 0 spiro atoms.